The number of hydrogen-bond acceptors (Lipinski definition) is 1. The third-order valence-corrected chi connectivity index (χ3v) is 3.97. The molecule has 0 unspecified atom stereocenters. The number of rotatable bonds is 10. The fourth-order valence-electron chi connectivity index (χ4n) is 2.34. The van der Waals surface area contributed by atoms with Gasteiger partial charge in [-0.25, -0.2) is 0 Å². The van der Waals surface area contributed by atoms with Crippen LogP contribution in [0.2, 0.25) is 0 Å². The van der Waals surface area contributed by atoms with Crippen molar-refractivity contribution in [1.29, 1.82) is 0 Å². The molecule has 1 aliphatic carbocycles. The summed E-state index contributed by atoms with van der Waals surface area (Å²) in [5, 5.41) is 3.59. The molecule has 1 aliphatic rings. The first kappa shape index (κ1) is 14.8. The maximum absolute atomic E-state index is 3.59. The molecular formula is C16H31N. The highest BCUT2D eigenvalue weighted by atomic mass is 14.8. The number of hydrogen-bond donors (Lipinski definition) is 1. The van der Waals surface area contributed by atoms with Crippen molar-refractivity contribution in [3.63, 3.8) is 0 Å². The van der Waals surface area contributed by atoms with Crippen molar-refractivity contribution in [3.05, 3.63) is 11.1 Å². The van der Waals surface area contributed by atoms with Gasteiger partial charge in [0.15, 0.2) is 0 Å². The van der Waals surface area contributed by atoms with Crippen molar-refractivity contribution in [2.75, 3.05) is 13.1 Å². The molecule has 0 heterocycles. The third-order valence-electron chi connectivity index (χ3n) is 3.97. The van der Waals surface area contributed by atoms with Crippen LogP contribution < -0.4 is 5.32 Å². The monoisotopic (exact) mass is 237 g/mol. The summed E-state index contributed by atoms with van der Waals surface area (Å²) in [5.74, 6) is 0. The highest BCUT2D eigenvalue weighted by Gasteiger charge is 2.16. The molecule has 1 heteroatoms. The lowest BCUT2D eigenvalue weighted by atomic mass is 9.84. The van der Waals surface area contributed by atoms with Crippen molar-refractivity contribution in [1.82, 2.24) is 5.32 Å². The Kier molecular flexibility index (Phi) is 6.26. The number of unbranched alkanes of at least 4 members (excludes halogenated alkanes) is 1. The molecule has 0 aromatic heterocycles. The van der Waals surface area contributed by atoms with Gasteiger partial charge in [-0.15, -0.1) is 0 Å². The molecule has 0 fully saturated rings. The van der Waals surface area contributed by atoms with Crippen molar-refractivity contribution in [3.8, 4) is 0 Å². The SMILES string of the molecule is CCCCC(C)(C)CCNCCCC1=C(C)C1. The van der Waals surface area contributed by atoms with Gasteiger partial charge in [-0.05, 0) is 57.5 Å². The van der Waals surface area contributed by atoms with Gasteiger partial charge in [0.05, 0.1) is 0 Å². The fourth-order valence-corrected chi connectivity index (χ4v) is 2.34. The van der Waals surface area contributed by atoms with Crippen LogP contribution in [-0.4, -0.2) is 13.1 Å². The van der Waals surface area contributed by atoms with E-state index in [4.69, 9.17) is 0 Å². The van der Waals surface area contributed by atoms with Crippen LogP contribution in [0.5, 0.6) is 0 Å². The molecule has 0 spiro atoms. The first-order chi connectivity index (χ1) is 8.05. The van der Waals surface area contributed by atoms with Gasteiger partial charge in [-0.3, -0.25) is 0 Å². The fraction of sp³-hybridized carbons (Fsp3) is 0.875. The van der Waals surface area contributed by atoms with E-state index in [0.717, 1.165) is 0 Å². The summed E-state index contributed by atoms with van der Waals surface area (Å²) >= 11 is 0. The van der Waals surface area contributed by atoms with Crippen molar-refractivity contribution >= 4 is 0 Å². The van der Waals surface area contributed by atoms with E-state index in [1.165, 1.54) is 58.0 Å². The van der Waals surface area contributed by atoms with E-state index < -0.39 is 0 Å². The maximum atomic E-state index is 3.59. The largest absolute Gasteiger partial charge is 0.317 e. The average Bonchev–Trinajstić information content (AvgIpc) is 2.97. The van der Waals surface area contributed by atoms with Gasteiger partial charge in [0, 0.05) is 0 Å². The van der Waals surface area contributed by atoms with Crippen LogP contribution in [0.25, 0.3) is 0 Å². The second kappa shape index (κ2) is 7.20. The number of nitrogens with one attached hydrogen (secondary N) is 1. The van der Waals surface area contributed by atoms with Crippen molar-refractivity contribution < 1.29 is 0 Å². The summed E-state index contributed by atoms with van der Waals surface area (Å²) in [4.78, 5) is 0. The topological polar surface area (TPSA) is 12.0 Å². The highest BCUT2D eigenvalue weighted by Crippen LogP contribution is 2.33. The molecule has 0 saturated heterocycles. The Balaban J connectivity index is 1.92. The van der Waals surface area contributed by atoms with Crippen LogP contribution in [0.1, 0.15) is 72.6 Å². The third kappa shape index (κ3) is 6.88. The zero-order chi connectivity index (χ0) is 12.7. The Labute approximate surface area is 108 Å². The molecule has 0 aliphatic heterocycles. The minimum atomic E-state index is 0.526. The summed E-state index contributed by atoms with van der Waals surface area (Å²) in [6.45, 7) is 11.7. The molecule has 1 nitrogen and oxygen atoms in total. The first-order valence-corrected chi connectivity index (χ1v) is 7.43. The molecule has 0 radical (unpaired) electrons. The Morgan fingerprint density at radius 1 is 1.12 bits per heavy atom. The molecule has 0 amide bonds. The quantitative estimate of drug-likeness (QED) is 0.429. The molecule has 1 N–H and O–H groups in total. The molecule has 0 bridgehead atoms. The van der Waals surface area contributed by atoms with Gasteiger partial charge in [0.25, 0.3) is 0 Å². The van der Waals surface area contributed by atoms with E-state index in [9.17, 15) is 0 Å². The average molecular weight is 237 g/mol. The zero-order valence-electron chi connectivity index (χ0n) is 12.4. The van der Waals surface area contributed by atoms with Crippen LogP contribution >= 0.6 is 0 Å². The van der Waals surface area contributed by atoms with Gasteiger partial charge < -0.3 is 5.32 Å². The van der Waals surface area contributed by atoms with Crippen LogP contribution in [0.15, 0.2) is 11.1 Å². The lowest BCUT2D eigenvalue weighted by molar-refractivity contribution is 0.293. The van der Waals surface area contributed by atoms with E-state index in [1.54, 1.807) is 11.1 Å². The minimum absolute atomic E-state index is 0.526. The van der Waals surface area contributed by atoms with Crippen molar-refractivity contribution in [2.24, 2.45) is 5.41 Å². The highest BCUT2D eigenvalue weighted by molar-refractivity contribution is 5.32. The van der Waals surface area contributed by atoms with Crippen LogP contribution in [0.4, 0.5) is 0 Å². The standard InChI is InChI=1S/C16H31N/c1-5-6-9-16(3,4)10-12-17-11-7-8-15-13-14(15)2/h17H,5-13H2,1-4H3. The maximum Gasteiger partial charge on any atom is -0.00438 e. The van der Waals surface area contributed by atoms with Crippen LogP contribution in [0, 0.1) is 5.41 Å². The first-order valence-electron chi connectivity index (χ1n) is 7.43. The van der Waals surface area contributed by atoms with Crippen LogP contribution in [0.3, 0.4) is 0 Å². The van der Waals surface area contributed by atoms with Gasteiger partial charge >= 0.3 is 0 Å². The summed E-state index contributed by atoms with van der Waals surface area (Å²) < 4.78 is 0. The molecule has 0 atom stereocenters. The van der Waals surface area contributed by atoms with E-state index in [-0.39, 0.29) is 0 Å². The second-order valence-corrected chi connectivity index (χ2v) is 6.43. The normalized spacial score (nSPS) is 15.5. The van der Waals surface area contributed by atoms with E-state index in [1.807, 2.05) is 0 Å². The van der Waals surface area contributed by atoms with Gasteiger partial charge in [-0.1, -0.05) is 44.8 Å². The molecule has 1 rings (SSSR count). The predicted octanol–water partition coefficient (Wildman–Crippen LogP) is 4.68. The Morgan fingerprint density at radius 3 is 2.41 bits per heavy atom. The lowest BCUT2D eigenvalue weighted by Gasteiger charge is -2.24. The second-order valence-electron chi connectivity index (χ2n) is 6.43. The molecule has 17 heavy (non-hydrogen) atoms. The summed E-state index contributed by atoms with van der Waals surface area (Å²) in [6.07, 6.45) is 9.36. The van der Waals surface area contributed by atoms with Gasteiger partial charge in [0.2, 0.25) is 0 Å². The summed E-state index contributed by atoms with van der Waals surface area (Å²) in [7, 11) is 0. The van der Waals surface area contributed by atoms with Gasteiger partial charge in [-0.2, -0.15) is 0 Å². The van der Waals surface area contributed by atoms with Crippen LogP contribution in [-0.2, 0) is 0 Å². The molecule has 0 aromatic rings. The minimum Gasteiger partial charge on any atom is -0.317 e. The van der Waals surface area contributed by atoms with E-state index in [2.05, 4.69) is 33.0 Å². The molecule has 0 aromatic carbocycles. The summed E-state index contributed by atoms with van der Waals surface area (Å²) in [5.41, 5.74) is 3.89. The van der Waals surface area contributed by atoms with Gasteiger partial charge in [0.1, 0.15) is 0 Å². The molecule has 0 saturated carbocycles. The lowest BCUT2D eigenvalue weighted by Crippen LogP contribution is -2.23. The smallest absolute Gasteiger partial charge is 0.00438 e. The number of allylic oxidation sites excluding steroid dienone is 2. The predicted molar refractivity (Wildman–Crippen MR) is 77.3 cm³/mol. The summed E-state index contributed by atoms with van der Waals surface area (Å²) in [6, 6.07) is 0. The van der Waals surface area contributed by atoms with E-state index >= 15 is 0 Å². The Hall–Kier alpha value is -0.300. The molecule has 100 valence electrons. The Bertz CT molecular complexity index is 250. The zero-order valence-corrected chi connectivity index (χ0v) is 12.4. The Morgan fingerprint density at radius 2 is 1.82 bits per heavy atom. The van der Waals surface area contributed by atoms with Crippen molar-refractivity contribution in [2.45, 2.75) is 72.6 Å². The van der Waals surface area contributed by atoms with E-state index in [0.29, 0.717) is 5.41 Å². The molecular weight excluding hydrogens is 206 g/mol.